The molecule has 1 atom stereocenters. The van der Waals surface area contributed by atoms with Gasteiger partial charge in [-0.2, -0.15) is 0 Å². The molecule has 0 saturated carbocycles. The predicted octanol–water partition coefficient (Wildman–Crippen LogP) is 1.79. The van der Waals surface area contributed by atoms with Crippen LogP contribution in [0.1, 0.15) is 39.0 Å². The first-order valence-corrected chi connectivity index (χ1v) is 7.31. The van der Waals surface area contributed by atoms with Gasteiger partial charge in [0, 0.05) is 12.6 Å². The molecule has 17 heavy (non-hydrogen) atoms. The van der Waals surface area contributed by atoms with E-state index in [2.05, 4.69) is 29.1 Å². The van der Waals surface area contributed by atoms with Gasteiger partial charge in [0.15, 0.2) is 0 Å². The minimum atomic E-state index is 0.736. The van der Waals surface area contributed by atoms with E-state index in [1.54, 1.807) is 0 Å². The molecule has 102 valence electrons. The molecule has 3 nitrogen and oxygen atoms in total. The van der Waals surface area contributed by atoms with E-state index in [1.807, 2.05) is 7.05 Å². The molecule has 0 radical (unpaired) electrons. The van der Waals surface area contributed by atoms with Gasteiger partial charge < -0.3 is 10.2 Å². The summed E-state index contributed by atoms with van der Waals surface area (Å²) >= 11 is 0. The van der Waals surface area contributed by atoms with Crippen molar-refractivity contribution in [2.75, 3.05) is 46.8 Å². The zero-order valence-electron chi connectivity index (χ0n) is 12.0. The summed E-state index contributed by atoms with van der Waals surface area (Å²) < 4.78 is 0. The van der Waals surface area contributed by atoms with Crippen molar-refractivity contribution < 1.29 is 0 Å². The van der Waals surface area contributed by atoms with Crippen molar-refractivity contribution in [3.05, 3.63) is 0 Å². The molecule has 0 spiro atoms. The molecule has 0 aromatic rings. The predicted molar refractivity (Wildman–Crippen MR) is 75.5 cm³/mol. The lowest BCUT2D eigenvalue weighted by atomic mass is 10.1. The number of nitrogens with one attached hydrogen (secondary N) is 1. The largest absolute Gasteiger partial charge is 0.320 e. The normalized spacial score (nSPS) is 23.8. The van der Waals surface area contributed by atoms with E-state index in [1.165, 1.54) is 64.8 Å². The van der Waals surface area contributed by atoms with Crippen LogP contribution < -0.4 is 5.32 Å². The van der Waals surface area contributed by atoms with Gasteiger partial charge in [-0.25, -0.2) is 0 Å². The van der Waals surface area contributed by atoms with E-state index >= 15 is 0 Å². The molecule has 0 bridgehead atoms. The van der Waals surface area contributed by atoms with Crippen LogP contribution in [-0.2, 0) is 0 Å². The molecule has 1 heterocycles. The van der Waals surface area contributed by atoms with Gasteiger partial charge in [0.2, 0.25) is 0 Å². The third kappa shape index (κ3) is 6.39. The van der Waals surface area contributed by atoms with E-state index in [-0.39, 0.29) is 0 Å². The average Bonchev–Trinajstić information content (AvgIpc) is 2.45. The highest BCUT2D eigenvalue weighted by Gasteiger charge is 2.18. The van der Waals surface area contributed by atoms with Gasteiger partial charge in [-0.15, -0.1) is 0 Å². The summed E-state index contributed by atoms with van der Waals surface area (Å²) in [5.41, 5.74) is 0. The van der Waals surface area contributed by atoms with E-state index < -0.39 is 0 Å². The Morgan fingerprint density at radius 1 is 1.12 bits per heavy atom. The Bertz CT molecular complexity index is 184. The lowest BCUT2D eigenvalue weighted by Gasteiger charge is -2.27. The summed E-state index contributed by atoms with van der Waals surface area (Å²) in [6.45, 7) is 8.65. The highest BCUT2D eigenvalue weighted by molar-refractivity contribution is 4.74. The van der Waals surface area contributed by atoms with Gasteiger partial charge in [0.25, 0.3) is 0 Å². The van der Waals surface area contributed by atoms with Crippen molar-refractivity contribution in [3.63, 3.8) is 0 Å². The van der Waals surface area contributed by atoms with Crippen LogP contribution in [0.25, 0.3) is 0 Å². The maximum Gasteiger partial charge on any atom is 0.0194 e. The van der Waals surface area contributed by atoms with Crippen molar-refractivity contribution in [3.8, 4) is 0 Å². The zero-order valence-corrected chi connectivity index (χ0v) is 12.0. The van der Waals surface area contributed by atoms with E-state index in [4.69, 9.17) is 0 Å². The number of hydrogen-bond acceptors (Lipinski definition) is 3. The molecule has 1 saturated heterocycles. The van der Waals surface area contributed by atoms with Crippen LogP contribution in [0.15, 0.2) is 0 Å². The summed E-state index contributed by atoms with van der Waals surface area (Å²) in [5, 5.41) is 3.21. The van der Waals surface area contributed by atoms with Crippen molar-refractivity contribution in [1.82, 2.24) is 15.1 Å². The second-order valence-electron chi connectivity index (χ2n) is 5.52. The van der Waals surface area contributed by atoms with E-state index in [9.17, 15) is 0 Å². The third-order valence-corrected chi connectivity index (χ3v) is 3.81. The molecule has 1 N–H and O–H groups in total. The Labute approximate surface area is 108 Å². The Hall–Kier alpha value is -0.120. The fraction of sp³-hybridized carbons (Fsp3) is 1.00. The second kappa shape index (κ2) is 8.90. The molecule has 1 rings (SSSR count). The van der Waals surface area contributed by atoms with Crippen molar-refractivity contribution in [1.29, 1.82) is 0 Å². The number of rotatable bonds is 7. The van der Waals surface area contributed by atoms with Gasteiger partial charge >= 0.3 is 0 Å². The topological polar surface area (TPSA) is 18.5 Å². The van der Waals surface area contributed by atoms with E-state index in [0.717, 1.165) is 6.04 Å². The lowest BCUT2D eigenvalue weighted by Crippen LogP contribution is -2.38. The number of nitrogens with zero attached hydrogens (tertiary/aromatic N) is 2. The Morgan fingerprint density at radius 2 is 1.88 bits per heavy atom. The molecular weight excluding hydrogens is 210 g/mol. The van der Waals surface area contributed by atoms with Crippen LogP contribution >= 0.6 is 0 Å². The molecule has 1 unspecified atom stereocenters. The highest BCUT2D eigenvalue weighted by Crippen LogP contribution is 2.10. The molecule has 0 amide bonds. The first-order valence-electron chi connectivity index (χ1n) is 7.31. The average molecular weight is 241 g/mol. The van der Waals surface area contributed by atoms with Gasteiger partial charge in [-0.05, 0) is 66.5 Å². The standard InChI is InChI=1S/C14H31N3/c1-14-13-16(3)10-8-12-17(14)11-7-5-4-6-9-15-2/h14-15H,4-13H2,1-3H3. The number of hydrogen-bond donors (Lipinski definition) is 1. The first kappa shape index (κ1) is 14.9. The summed E-state index contributed by atoms with van der Waals surface area (Å²) in [4.78, 5) is 5.15. The second-order valence-corrected chi connectivity index (χ2v) is 5.52. The van der Waals surface area contributed by atoms with Crippen LogP contribution in [0.4, 0.5) is 0 Å². The first-order chi connectivity index (χ1) is 8.24. The van der Waals surface area contributed by atoms with Crippen molar-refractivity contribution in [2.45, 2.75) is 45.1 Å². The molecule has 1 aliphatic rings. The Morgan fingerprint density at radius 3 is 2.65 bits per heavy atom. The molecule has 0 aromatic carbocycles. The van der Waals surface area contributed by atoms with E-state index in [0.29, 0.717) is 0 Å². The van der Waals surface area contributed by atoms with Gasteiger partial charge in [0.05, 0.1) is 0 Å². The van der Waals surface area contributed by atoms with Crippen LogP contribution in [0.5, 0.6) is 0 Å². The minimum Gasteiger partial charge on any atom is -0.320 e. The van der Waals surface area contributed by atoms with Crippen LogP contribution in [0.3, 0.4) is 0 Å². The summed E-state index contributed by atoms with van der Waals surface area (Å²) in [6.07, 6.45) is 6.80. The summed E-state index contributed by atoms with van der Waals surface area (Å²) in [5.74, 6) is 0. The quantitative estimate of drug-likeness (QED) is 0.686. The maximum atomic E-state index is 3.21. The smallest absolute Gasteiger partial charge is 0.0194 e. The van der Waals surface area contributed by atoms with Crippen LogP contribution in [-0.4, -0.2) is 62.7 Å². The SMILES string of the molecule is CNCCCCCCN1CCCN(C)CC1C. The third-order valence-electron chi connectivity index (χ3n) is 3.81. The fourth-order valence-electron chi connectivity index (χ4n) is 2.72. The van der Waals surface area contributed by atoms with Gasteiger partial charge in [-0.3, -0.25) is 4.90 Å². The maximum absolute atomic E-state index is 3.21. The number of unbranched alkanes of at least 4 members (excludes halogenated alkanes) is 3. The van der Waals surface area contributed by atoms with Crippen LogP contribution in [0, 0.1) is 0 Å². The monoisotopic (exact) mass is 241 g/mol. The highest BCUT2D eigenvalue weighted by atomic mass is 15.2. The molecule has 0 aliphatic carbocycles. The van der Waals surface area contributed by atoms with Gasteiger partial charge in [0.1, 0.15) is 0 Å². The lowest BCUT2D eigenvalue weighted by molar-refractivity contribution is 0.198. The summed E-state index contributed by atoms with van der Waals surface area (Å²) in [6, 6.07) is 0.736. The minimum absolute atomic E-state index is 0.736. The molecule has 1 fully saturated rings. The Balaban J connectivity index is 2.08. The molecule has 1 aliphatic heterocycles. The zero-order chi connectivity index (χ0) is 12.5. The number of likely N-dealkylation sites (N-methyl/N-ethyl adjacent to an activating group) is 1. The fourth-order valence-corrected chi connectivity index (χ4v) is 2.72. The van der Waals surface area contributed by atoms with Crippen LogP contribution in [0.2, 0.25) is 0 Å². The Kier molecular flexibility index (Phi) is 7.82. The molecular formula is C14H31N3. The van der Waals surface area contributed by atoms with Crippen molar-refractivity contribution >= 4 is 0 Å². The van der Waals surface area contributed by atoms with Crippen molar-refractivity contribution in [2.24, 2.45) is 0 Å². The summed E-state index contributed by atoms with van der Waals surface area (Å²) in [7, 11) is 4.28. The van der Waals surface area contributed by atoms with Gasteiger partial charge in [-0.1, -0.05) is 12.8 Å². The molecule has 3 heteroatoms. The molecule has 0 aromatic heterocycles.